The Morgan fingerprint density at radius 1 is 1.24 bits per heavy atom. The van der Waals surface area contributed by atoms with Gasteiger partial charge in [0.2, 0.25) is 10.0 Å². The molecule has 1 atom stereocenters. The zero-order valence-electron chi connectivity index (χ0n) is 9.99. The van der Waals surface area contributed by atoms with E-state index in [1.807, 2.05) is 0 Å². The predicted molar refractivity (Wildman–Crippen MR) is 68.9 cm³/mol. The quantitative estimate of drug-likeness (QED) is 0.840. The molecule has 0 fully saturated rings. The van der Waals surface area contributed by atoms with Gasteiger partial charge in [0.05, 0.1) is 11.3 Å². The molecule has 0 aromatic heterocycles. The molecule has 2 N–H and O–H groups in total. The van der Waals surface area contributed by atoms with Crippen LogP contribution in [-0.2, 0) is 14.8 Å². The zero-order chi connectivity index (χ0) is 16.4. The van der Waals surface area contributed by atoms with Gasteiger partial charge < -0.3 is 5.11 Å². The van der Waals surface area contributed by atoms with Crippen LogP contribution in [0.4, 0.5) is 13.2 Å². The summed E-state index contributed by atoms with van der Waals surface area (Å²) >= 11 is 11.1. The van der Waals surface area contributed by atoms with E-state index in [9.17, 15) is 26.4 Å². The Balaban J connectivity index is 3.14. The average molecular weight is 366 g/mol. The normalized spacial score (nSPS) is 14.0. The van der Waals surface area contributed by atoms with Crippen LogP contribution in [0.1, 0.15) is 6.42 Å². The smallest absolute Gasteiger partial charge is 0.405 e. The topological polar surface area (TPSA) is 83.5 Å². The first-order chi connectivity index (χ1) is 9.41. The second-order valence-electron chi connectivity index (χ2n) is 3.92. The monoisotopic (exact) mass is 365 g/mol. The highest BCUT2D eigenvalue weighted by molar-refractivity contribution is 7.89. The molecular formula is C10H8Cl2F3NO4S. The number of sulfonamides is 1. The van der Waals surface area contributed by atoms with Crippen LogP contribution in [0.5, 0.6) is 0 Å². The van der Waals surface area contributed by atoms with Crippen LogP contribution in [0.25, 0.3) is 0 Å². The maximum absolute atomic E-state index is 12.6. The lowest BCUT2D eigenvalue weighted by atomic mass is 10.2. The fourth-order valence-electron chi connectivity index (χ4n) is 1.34. The van der Waals surface area contributed by atoms with Gasteiger partial charge >= 0.3 is 12.1 Å². The lowest BCUT2D eigenvalue weighted by Crippen LogP contribution is -2.46. The highest BCUT2D eigenvalue weighted by Gasteiger charge is 2.43. The third-order valence-corrected chi connectivity index (χ3v) is 4.11. The number of carboxylic acid groups (broad SMARTS) is 1. The van der Waals surface area contributed by atoms with Gasteiger partial charge in [0.15, 0.2) is 0 Å². The number of aliphatic carboxylic acids is 1. The molecule has 1 aromatic rings. The molecule has 0 aliphatic carbocycles. The number of hydrogen-bond acceptors (Lipinski definition) is 3. The second-order valence-corrected chi connectivity index (χ2v) is 6.51. The minimum Gasteiger partial charge on any atom is -0.481 e. The van der Waals surface area contributed by atoms with E-state index in [0.717, 1.165) is 12.1 Å². The van der Waals surface area contributed by atoms with Crippen molar-refractivity contribution in [3.63, 3.8) is 0 Å². The predicted octanol–water partition coefficient (Wildman–Crippen LogP) is 2.68. The van der Waals surface area contributed by atoms with Gasteiger partial charge in [-0.15, -0.1) is 0 Å². The van der Waals surface area contributed by atoms with Crippen molar-refractivity contribution in [3.8, 4) is 0 Å². The van der Waals surface area contributed by atoms with Crippen LogP contribution in [0.2, 0.25) is 10.0 Å². The van der Waals surface area contributed by atoms with Gasteiger partial charge in [-0.1, -0.05) is 23.2 Å². The Kier molecular flexibility index (Phi) is 5.48. The van der Waals surface area contributed by atoms with Gasteiger partial charge in [-0.2, -0.15) is 17.9 Å². The van der Waals surface area contributed by atoms with Crippen LogP contribution < -0.4 is 4.72 Å². The molecular weight excluding hydrogens is 358 g/mol. The molecule has 5 nitrogen and oxygen atoms in total. The van der Waals surface area contributed by atoms with Crippen LogP contribution in [0.15, 0.2) is 23.1 Å². The maximum Gasteiger partial charge on any atom is 0.405 e. The third-order valence-electron chi connectivity index (χ3n) is 2.22. The number of carbonyl (C=O) groups is 1. The molecule has 0 radical (unpaired) electrons. The highest BCUT2D eigenvalue weighted by Crippen LogP contribution is 2.26. The van der Waals surface area contributed by atoms with Crippen molar-refractivity contribution < 1.29 is 31.5 Å². The van der Waals surface area contributed by atoms with Crippen molar-refractivity contribution in [1.82, 2.24) is 4.72 Å². The molecule has 118 valence electrons. The highest BCUT2D eigenvalue weighted by atomic mass is 35.5. The van der Waals surface area contributed by atoms with Crippen molar-refractivity contribution >= 4 is 39.2 Å². The Bertz CT molecular complexity index is 628. The van der Waals surface area contributed by atoms with E-state index in [-0.39, 0.29) is 10.0 Å². The lowest BCUT2D eigenvalue weighted by molar-refractivity contribution is -0.163. The first-order valence-electron chi connectivity index (χ1n) is 5.19. The molecule has 0 bridgehead atoms. The SMILES string of the molecule is O=C(O)C[C@@H](NS(=O)(=O)c1cc(Cl)cc(Cl)c1)C(F)(F)F. The number of nitrogens with one attached hydrogen (secondary N) is 1. The first kappa shape index (κ1) is 18.0. The number of rotatable bonds is 5. The minimum atomic E-state index is -5.06. The third kappa shape index (κ3) is 5.34. The largest absolute Gasteiger partial charge is 0.481 e. The molecule has 1 aromatic carbocycles. The van der Waals surface area contributed by atoms with E-state index in [1.165, 1.54) is 10.8 Å². The molecule has 0 heterocycles. The zero-order valence-corrected chi connectivity index (χ0v) is 12.3. The van der Waals surface area contributed by atoms with Gasteiger partial charge in [0.1, 0.15) is 6.04 Å². The number of carboxylic acids is 1. The van der Waals surface area contributed by atoms with Crippen LogP contribution in [0, 0.1) is 0 Å². The van der Waals surface area contributed by atoms with Crippen LogP contribution in [-0.4, -0.2) is 31.7 Å². The summed E-state index contributed by atoms with van der Waals surface area (Å²) in [6.07, 6.45) is -6.51. The van der Waals surface area contributed by atoms with Crippen LogP contribution >= 0.6 is 23.2 Å². The van der Waals surface area contributed by atoms with Crippen molar-refractivity contribution in [2.75, 3.05) is 0 Å². The Morgan fingerprint density at radius 3 is 2.10 bits per heavy atom. The summed E-state index contributed by atoms with van der Waals surface area (Å²) in [5.41, 5.74) is 0. The number of alkyl halides is 3. The molecule has 0 aliphatic rings. The van der Waals surface area contributed by atoms with Gasteiger partial charge in [0.25, 0.3) is 0 Å². The van der Waals surface area contributed by atoms with Gasteiger partial charge in [-0.05, 0) is 18.2 Å². The van der Waals surface area contributed by atoms with Gasteiger partial charge in [-0.25, -0.2) is 8.42 Å². The molecule has 0 saturated carbocycles. The average Bonchev–Trinajstić information content (AvgIpc) is 2.24. The summed E-state index contributed by atoms with van der Waals surface area (Å²) in [6.45, 7) is 0. The summed E-state index contributed by atoms with van der Waals surface area (Å²) in [7, 11) is -4.64. The Labute approximate surface area is 127 Å². The molecule has 0 amide bonds. The maximum atomic E-state index is 12.6. The summed E-state index contributed by atoms with van der Waals surface area (Å²) < 4.78 is 62.9. The van der Waals surface area contributed by atoms with Crippen molar-refractivity contribution in [3.05, 3.63) is 28.2 Å². The standard InChI is InChI=1S/C10H8Cl2F3NO4S/c11-5-1-6(12)3-7(2-5)21(19,20)16-8(4-9(17)18)10(13,14)15/h1-3,8,16H,4H2,(H,17,18)/t8-/m1/s1. The van der Waals surface area contributed by atoms with Gasteiger partial charge in [0, 0.05) is 10.0 Å². The second kappa shape index (κ2) is 6.39. The lowest BCUT2D eigenvalue weighted by Gasteiger charge is -2.20. The molecule has 21 heavy (non-hydrogen) atoms. The summed E-state index contributed by atoms with van der Waals surface area (Å²) in [6, 6.07) is 0.215. The van der Waals surface area contributed by atoms with Gasteiger partial charge in [-0.3, -0.25) is 4.79 Å². The summed E-state index contributed by atoms with van der Waals surface area (Å²) in [4.78, 5) is 9.81. The molecule has 0 unspecified atom stereocenters. The first-order valence-corrected chi connectivity index (χ1v) is 7.42. The minimum absolute atomic E-state index is 0.0929. The van der Waals surface area contributed by atoms with E-state index >= 15 is 0 Å². The molecule has 0 spiro atoms. The fraction of sp³-hybridized carbons (Fsp3) is 0.300. The number of hydrogen-bond donors (Lipinski definition) is 2. The number of halogens is 5. The van der Waals surface area contributed by atoms with E-state index in [1.54, 1.807) is 0 Å². The Morgan fingerprint density at radius 2 is 1.71 bits per heavy atom. The summed E-state index contributed by atoms with van der Waals surface area (Å²) in [5, 5.41) is 8.24. The van der Waals surface area contributed by atoms with Crippen molar-refractivity contribution in [2.45, 2.75) is 23.5 Å². The summed E-state index contributed by atoms with van der Waals surface area (Å²) in [5.74, 6) is -1.80. The molecule has 0 aliphatic heterocycles. The van der Waals surface area contributed by atoms with E-state index in [0.29, 0.717) is 0 Å². The van der Waals surface area contributed by atoms with Crippen molar-refractivity contribution in [1.29, 1.82) is 0 Å². The van der Waals surface area contributed by atoms with Crippen molar-refractivity contribution in [2.24, 2.45) is 0 Å². The molecule has 0 saturated heterocycles. The number of benzene rings is 1. The molecule has 11 heteroatoms. The van der Waals surface area contributed by atoms with E-state index in [2.05, 4.69) is 0 Å². The molecule has 1 rings (SSSR count). The fourth-order valence-corrected chi connectivity index (χ4v) is 3.29. The van der Waals surface area contributed by atoms with Crippen LogP contribution in [0.3, 0.4) is 0 Å². The Hall–Kier alpha value is -1.03. The van der Waals surface area contributed by atoms with E-state index < -0.39 is 39.5 Å². The van der Waals surface area contributed by atoms with E-state index in [4.69, 9.17) is 28.3 Å².